The molecule has 0 aliphatic carbocycles. The van der Waals surface area contributed by atoms with Gasteiger partial charge in [0.2, 0.25) is 5.91 Å². The van der Waals surface area contributed by atoms with E-state index < -0.39 is 5.92 Å². The molecule has 0 radical (unpaired) electrons. The third kappa shape index (κ3) is 3.07. The number of nitriles is 1. The molecule has 0 aromatic carbocycles. The van der Waals surface area contributed by atoms with Gasteiger partial charge in [-0.25, -0.2) is 0 Å². The molecule has 4 heteroatoms. The Hall–Kier alpha value is -1.34. The average molecular weight is 222 g/mol. The van der Waals surface area contributed by atoms with Crippen LogP contribution in [0.3, 0.4) is 0 Å². The van der Waals surface area contributed by atoms with Gasteiger partial charge in [0.1, 0.15) is 5.92 Å². The first kappa shape index (κ1) is 12.7. The molecule has 1 aliphatic rings. The van der Waals surface area contributed by atoms with Crippen LogP contribution in [0.25, 0.3) is 0 Å². The highest BCUT2D eigenvalue weighted by atomic mass is 16.5. The molecule has 0 fully saturated rings. The predicted molar refractivity (Wildman–Crippen MR) is 60.6 cm³/mol. The van der Waals surface area contributed by atoms with Gasteiger partial charge in [0.25, 0.3) is 0 Å². The first-order valence-electron chi connectivity index (χ1n) is 5.58. The van der Waals surface area contributed by atoms with Gasteiger partial charge in [-0.15, -0.1) is 0 Å². The van der Waals surface area contributed by atoms with Crippen LogP contribution in [-0.4, -0.2) is 37.6 Å². The lowest BCUT2D eigenvalue weighted by Gasteiger charge is -2.27. The minimum absolute atomic E-state index is 0.0438. The van der Waals surface area contributed by atoms with Crippen LogP contribution in [0.5, 0.6) is 0 Å². The van der Waals surface area contributed by atoms with Crippen LogP contribution in [0.15, 0.2) is 11.6 Å². The van der Waals surface area contributed by atoms with Crippen molar-refractivity contribution in [3.05, 3.63) is 11.6 Å². The SMILES string of the molecule is CCC(C#N)C(=O)N1CC=C(COC)CC1. The smallest absolute Gasteiger partial charge is 0.240 e. The Morgan fingerprint density at radius 3 is 2.94 bits per heavy atom. The summed E-state index contributed by atoms with van der Waals surface area (Å²) >= 11 is 0. The first-order valence-corrected chi connectivity index (χ1v) is 5.58. The van der Waals surface area contributed by atoms with E-state index in [1.807, 2.05) is 19.1 Å². The third-order valence-electron chi connectivity index (χ3n) is 2.81. The summed E-state index contributed by atoms with van der Waals surface area (Å²) in [5.74, 6) is -0.532. The van der Waals surface area contributed by atoms with Crippen LogP contribution in [0.1, 0.15) is 19.8 Å². The van der Waals surface area contributed by atoms with E-state index in [0.717, 1.165) is 6.42 Å². The standard InChI is InChI=1S/C12H18N2O2/c1-3-11(8-13)12(15)14-6-4-10(5-7-14)9-16-2/h4,11H,3,5-7,9H2,1-2H3. The van der Waals surface area contributed by atoms with Gasteiger partial charge in [0, 0.05) is 20.2 Å². The molecule has 1 rings (SSSR count). The van der Waals surface area contributed by atoms with Crippen molar-refractivity contribution in [3.8, 4) is 6.07 Å². The second kappa shape index (κ2) is 6.29. The highest BCUT2D eigenvalue weighted by Crippen LogP contribution is 2.14. The quantitative estimate of drug-likeness (QED) is 0.674. The van der Waals surface area contributed by atoms with Gasteiger partial charge >= 0.3 is 0 Å². The molecule has 0 saturated heterocycles. The van der Waals surface area contributed by atoms with Gasteiger partial charge < -0.3 is 9.64 Å². The zero-order chi connectivity index (χ0) is 12.0. The third-order valence-corrected chi connectivity index (χ3v) is 2.81. The number of carbonyl (C=O) groups excluding carboxylic acids is 1. The van der Waals surface area contributed by atoms with E-state index in [1.54, 1.807) is 12.0 Å². The van der Waals surface area contributed by atoms with Crippen molar-refractivity contribution >= 4 is 5.91 Å². The molecule has 0 bridgehead atoms. The summed E-state index contributed by atoms with van der Waals surface area (Å²) in [4.78, 5) is 13.6. The van der Waals surface area contributed by atoms with Crippen molar-refractivity contribution in [1.82, 2.24) is 4.90 Å². The van der Waals surface area contributed by atoms with Gasteiger partial charge in [-0.05, 0) is 18.4 Å². The molecule has 0 saturated carbocycles. The number of rotatable bonds is 4. The molecule has 16 heavy (non-hydrogen) atoms. The molecule has 0 aromatic rings. The maximum Gasteiger partial charge on any atom is 0.240 e. The number of amides is 1. The highest BCUT2D eigenvalue weighted by Gasteiger charge is 2.23. The summed E-state index contributed by atoms with van der Waals surface area (Å²) in [6.45, 7) is 3.81. The Kier molecular flexibility index (Phi) is 5.00. The zero-order valence-corrected chi connectivity index (χ0v) is 9.90. The van der Waals surface area contributed by atoms with Crippen LogP contribution in [0, 0.1) is 17.2 Å². The number of carbonyl (C=O) groups is 1. The van der Waals surface area contributed by atoms with Crippen LogP contribution in [0.2, 0.25) is 0 Å². The summed E-state index contributed by atoms with van der Waals surface area (Å²) in [6.07, 6.45) is 3.46. The summed E-state index contributed by atoms with van der Waals surface area (Å²) in [5, 5.41) is 8.83. The van der Waals surface area contributed by atoms with E-state index in [1.165, 1.54) is 5.57 Å². The van der Waals surface area contributed by atoms with E-state index in [0.29, 0.717) is 26.1 Å². The van der Waals surface area contributed by atoms with Crippen LogP contribution >= 0.6 is 0 Å². The van der Waals surface area contributed by atoms with E-state index in [2.05, 4.69) is 0 Å². The summed E-state index contributed by atoms with van der Waals surface area (Å²) < 4.78 is 5.04. The molecule has 1 atom stereocenters. The number of methoxy groups -OCH3 is 1. The van der Waals surface area contributed by atoms with Gasteiger partial charge in [-0.2, -0.15) is 5.26 Å². The van der Waals surface area contributed by atoms with Crippen LogP contribution < -0.4 is 0 Å². The minimum atomic E-state index is -0.489. The molecule has 1 amide bonds. The monoisotopic (exact) mass is 222 g/mol. The molecule has 4 nitrogen and oxygen atoms in total. The topological polar surface area (TPSA) is 53.3 Å². The second-order valence-electron chi connectivity index (χ2n) is 3.92. The van der Waals surface area contributed by atoms with Crippen molar-refractivity contribution < 1.29 is 9.53 Å². The lowest BCUT2D eigenvalue weighted by Crippen LogP contribution is -2.38. The van der Waals surface area contributed by atoms with E-state index in [4.69, 9.17) is 10.00 Å². The molecule has 1 unspecified atom stereocenters. The Labute approximate surface area is 96.5 Å². The fourth-order valence-corrected chi connectivity index (χ4v) is 1.77. The van der Waals surface area contributed by atoms with Gasteiger partial charge in [0.15, 0.2) is 0 Å². The summed E-state index contributed by atoms with van der Waals surface area (Å²) in [5.41, 5.74) is 1.23. The maximum absolute atomic E-state index is 11.9. The Bertz CT molecular complexity index is 317. The maximum atomic E-state index is 11.9. The Morgan fingerprint density at radius 1 is 1.75 bits per heavy atom. The van der Waals surface area contributed by atoms with Crippen molar-refractivity contribution in [2.45, 2.75) is 19.8 Å². The molecule has 88 valence electrons. The zero-order valence-electron chi connectivity index (χ0n) is 9.90. The lowest BCUT2D eigenvalue weighted by atomic mass is 10.0. The largest absolute Gasteiger partial charge is 0.380 e. The normalized spacial score (nSPS) is 17.6. The van der Waals surface area contributed by atoms with E-state index in [9.17, 15) is 4.79 Å². The first-order chi connectivity index (χ1) is 7.72. The summed E-state index contributed by atoms with van der Waals surface area (Å²) in [7, 11) is 1.67. The van der Waals surface area contributed by atoms with Crippen molar-refractivity contribution in [2.24, 2.45) is 5.92 Å². The predicted octanol–water partition coefficient (Wildman–Crippen LogP) is 1.34. The van der Waals surface area contributed by atoms with Crippen molar-refractivity contribution in [3.63, 3.8) is 0 Å². The van der Waals surface area contributed by atoms with Crippen molar-refractivity contribution in [2.75, 3.05) is 26.8 Å². The Morgan fingerprint density at radius 2 is 2.50 bits per heavy atom. The fourth-order valence-electron chi connectivity index (χ4n) is 1.77. The molecular weight excluding hydrogens is 204 g/mol. The lowest BCUT2D eigenvalue weighted by molar-refractivity contribution is -0.133. The molecule has 0 aromatic heterocycles. The summed E-state index contributed by atoms with van der Waals surface area (Å²) in [6, 6.07) is 2.05. The minimum Gasteiger partial charge on any atom is -0.380 e. The number of hydrogen-bond acceptors (Lipinski definition) is 3. The van der Waals surface area contributed by atoms with Crippen molar-refractivity contribution in [1.29, 1.82) is 5.26 Å². The number of hydrogen-bond donors (Lipinski definition) is 0. The molecule has 1 heterocycles. The fraction of sp³-hybridized carbons (Fsp3) is 0.667. The number of ether oxygens (including phenoxy) is 1. The van der Waals surface area contributed by atoms with Crippen LogP contribution in [0.4, 0.5) is 0 Å². The Balaban J connectivity index is 2.54. The average Bonchev–Trinajstić information content (AvgIpc) is 2.32. The molecule has 0 N–H and O–H groups in total. The van der Waals surface area contributed by atoms with Gasteiger partial charge in [0.05, 0.1) is 12.7 Å². The van der Waals surface area contributed by atoms with E-state index in [-0.39, 0.29) is 5.91 Å². The molecule has 1 aliphatic heterocycles. The van der Waals surface area contributed by atoms with E-state index >= 15 is 0 Å². The number of nitrogens with zero attached hydrogens (tertiary/aromatic N) is 2. The van der Waals surface area contributed by atoms with Gasteiger partial charge in [-0.3, -0.25) is 4.79 Å². The van der Waals surface area contributed by atoms with Crippen LogP contribution in [-0.2, 0) is 9.53 Å². The van der Waals surface area contributed by atoms with Gasteiger partial charge in [-0.1, -0.05) is 13.0 Å². The highest BCUT2D eigenvalue weighted by molar-refractivity contribution is 5.81. The second-order valence-corrected chi connectivity index (χ2v) is 3.92. The molecule has 0 spiro atoms. The molecular formula is C12H18N2O2.